The van der Waals surface area contributed by atoms with Crippen molar-refractivity contribution in [2.45, 2.75) is 13.8 Å². The van der Waals surface area contributed by atoms with Crippen LogP contribution >= 0.6 is 0 Å². The molecule has 0 saturated carbocycles. The van der Waals surface area contributed by atoms with Crippen LogP contribution < -0.4 is 4.74 Å². The third-order valence-corrected chi connectivity index (χ3v) is 2.05. The number of rotatable bonds is 4. The van der Waals surface area contributed by atoms with Crippen LogP contribution in [0.2, 0.25) is 0 Å². The van der Waals surface area contributed by atoms with Crippen LogP contribution in [0.3, 0.4) is 0 Å². The summed E-state index contributed by atoms with van der Waals surface area (Å²) in [7, 11) is 0. The monoisotopic (exact) mass is 218 g/mol. The largest absolute Gasteiger partial charge is 0.458 e. The van der Waals surface area contributed by atoms with E-state index in [0.717, 1.165) is 5.57 Å². The summed E-state index contributed by atoms with van der Waals surface area (Å²) in [6, 6.07) is 5.83. The molecule has 0 aliphatic carbocycles. The molecule has 0 unspecified atom stereocenters. The van der Waals surface area contributed by atoms with E-state index in [1.54, 1.807) is 18.2 Å². The van der Waals surface area contributed by atoms with E-state index in [4.69, 9.17) is 4.74 Å². The number of halogens is 1. The Morgan fingerprint density at radius 2 is 1.88 bits per heavy atom. The van der Waals surface area contributed by atoms with Crippen molar-refractivity contribution in [3.8, 4) is 5.75 Å². The zero-order valence-corrected chi connectivity index (χ0v) is 9.53. The van der Waals surface area contributed by atoms with Gasteiger partial charge in [-0.05, 0) is 44.2 Å². The Hall–Kier alpha value is -1.83. The Kier molecular flexibility index (Phi) is 4.52. The quantitative estimate of drug-likeness (QED) is 0.542. The van der Waals surface area contributed by atoms with E-state index < -0.39 is 0 Å². The zero-order valence-electron chi connectivity index (χ0n) is 9.53. The molecule has 1 aromatic rings. The smallest absolute Gasteiger partial charge is 0.127 e. The summed E-state index contributed by atoms with van der Waals surface area (Å²) < 4.78 is 18.0. The standard InChI is InChI=1S/C14H15FO/c1-4-11(2)5-6-12(3)16-14-9-7-13(15)8-10-14/h4-10H,3H2,1-2H3. The molecule has 0 saturated heterocycles. The fourth-order valence-electron chi connectivity index (χ4n) is 1.01. The van der Waals surface area contributed by atoms with Crippen LogP contribution in [0, 0.1) is 5.82 Å². The molecular formula is C14H15FO. The second kappa shape index (κ2) is 5.91. The van der Waals surface area contributed by atoms with Gasteiger partial charge < -0.3 is 4.74 Å². The van der Waals surface area contributed by atoms with Crippen molar-refractivity contribution in [3.63, 3.8) is 0 Å². The van der Waals surface area contributed by atoms with Gasteiger partial charge in [-0.3, -0.25) is 0 Å². The summed E-state index contributed by atoms with van der Waals surface area (Å²) in [5.74, 6) is 0.820. The maximum Gasteiger partial charge on any atom is 0.127 e. The van der Waals surface area contributed by atoms with Crippen molar-refractivity contribution >= 4 is 0 Å². The van der Waals surface area contributed by atoms with Crippen molar-refractivity contribution in [2.24, 2.45) is 0 Å². The second-order valence-corrected chi connectivity index (χ2v) is 3.39. The third kappa shape index (κ3) is 4.13. The first-order valence-corrected chi connectivity index (χ1v) is 5.05. The molecule has 0 spiro atoms. The highest BCUT2D eigenvalue weighted by molar-refractivity contribution is 5.28. The van der Waals surface area contributed by atoms with E-state index in [-0.39, 0.29) is 5.82 Å². The molecule has 0 N–H and O–H groups in total. The van der Waals surface area contributed by atoms with Gasteiger partial charge in [-0.15, -0.1) is 0 Å². The van der Waals surface area contributed by atoms with Gasteiger partial charge in [0.15, 0.2) is 0 Å². The normalized spacial score (nSPS) is 11.8. The van der Waals surface area contributed by atoms with E-state index in [2.05, 4.69) is 6.58 Å². The lowest BCUT2D eigenvalue weighted by Gasteiger charge is -2.04. The van der Waals surface area contributed by atoms with E-state index in [0.29, 0.717) is 11.5 Å². The topological polar surface area (TPSA) is 9.23 Å². The maximum atomic E-state index is 12.6. The molecule has 2 heteroatoms. The molecule has 1 nitrogen and oxygen atoms in total. The summed E-state index contributed by atoms with van der Waals surface area (Å²) in [5.41, 5.74) is 1.13. The van der Waals surface area contributed by atoms with Gasteiger partial charge in [0.05, 0.1) is 0 Å². The van der Waals surface area contributed by atoms with E-state index >= 15 is 0 Å². The molecule has 0 aliphatic rings. The SMILES string of the molecule is C=C(C=CC(C)=CC)Oc1ccc(F)cc1. The minimum absolute atomic E-state index is 0.279. The molecular weight excluding hydrogens is 203 g/mol. The Bertz CT molecular complexity index is 413. The number of ether oxygens (including phenoxy) is 1. The van der Waals surface area contributed by atoms with Crippen LogP contribution in [0.15, 0.2) is 60.4 Å². The first-order chi connectivity index (χ1) is 7.61. The van der Waals surface area contributed by atoms with E-state index in [1.165, 1.54) is 12.1 Å². The zero-order chi connectivity index (χ0) is 12.0. The molecule has 0 fully saturated rings. The first-order valence-electron chi connectivity index (χ1n) is 5.05. The Morgan fingerprint density at radius 1 is 1.25 bits per heavy atom. The van der Waals surface area contributed by atoms with Crippen LogP contribution in [-0.2, 0) is 0 Å². The molecule has 1 rings (SSSR count). The van der Waals surface area contributed by atoms with Gasteiger partial charge in [0.1, 0.15) is 17.3 Å². The van der Waals surface area contributed by atoms with Crippen molar-refractivity contribution in [1.82, 2.24) is 0 Å². The van der Waals surface area contributed by atoms with Crippen molar-refractivity contribution in [3.05, 3.63) is 66.2 Å². The minimum atomic E-state index is -0.279. The average molecular weight is 218 g/mol. The molecule has 0 heterocycles. The van der Waals surface area contributed by atoms with Crippen molar-refractivity contribution in [1.29, 1.82) is 0 Å². The van der Waals surface area contributed by atoms with Gasteiger partial charge in [0.25, 0.3) is 0 Å². The number of allylic oxidation sites excluding steroid dienone is 4. The lowest BCUT2D eigenvalue weighted by Crippen LogP contribution is -1.90. The van der Waals surface area contributed by atoms with Gasteiger partial charge in [0, 0.05) is 0 Å². The first kappa shape index (κ1) is 12.2. The van der Waals surface area contributed by atoms with E-state index in [9.17, 15) is 4.39 Å². The number of hydrogen-bond acceptors (Lipinski definition) is 1. The van der Waals surface area contributed by atoms with Gasteiger partial charge in [0.2, 0.25) is 0 Å². The molecule has 0 aliphatic heterocycles. The van der Waals surface area contributed by atoms with Gasteiger partial charge in [-0.25, -0.2) is 4.39 Å². The summed E-state index contributed by atoms with van der Waals surface area (Å²) in [6.07, 6.45) is 5.67. The Balaban J connectivity index is 2.58. The van der Waals surface area contributed by atoms with Gasteiger partial charge >= 0.3 is 0 Å². The van der Waals surface area contributed by atoms with Gasteiger partial charge in [-0.1, -0.05) is 24.3 Å². The molecule has 0 bridgehead atoms. The van der Waals surface area contributed by atoms with E-state index in [1.807, 2.05) is 26.0 Å². The minimum Gasteiger partial charge on any atom is -0.458 e. The lowest BCUT2D eigenvalue weighted by atomic mass is 10.2. The molecule has 0 radical (unpaired) electrons. The highest BCUT2D eigenvalue weighted by Gasteiger charge is 1.95. The predicted octanol–water partition coefficient (Wildman–Crippen LogP) is 4.24. The van der Waals surface area contributed by atoms with Crippen LogP contribution in [0.4, 0.5) is 4.39 Å². The average Bonchev–Trinajstić information content (AvgIpc) is 2.29. The second-order valence-electron chi connectivity index (χ2n) is 3.39. The van der Waals surface area contributed by atoms with Crippen LogP contribution in [0.25, 0.3) is 0 Å². The Labute approximate surface area is 95.6 Å². The van der Waals surface area contributed by atoms with Crippen LogP contribution in [0.5, 0.6) is 5.75 Å². The molecule has 16 heavy (non-hydrogen) atoms. The fourth-order valence-corrected chi connectivity index (χ4v) is 1.01. The number of hydrogen-bond donors (Lipinski definition) is 0. The molecule has 1 aromatic carbocycles. The predicted molar refractivity (Wildman–Crippen MR) is 64.7 cm³/mol. The molecule has 0 amide bonds. The third-order valence-electron chi connectivity index (χ3n) is 2.05. The van der Waals surface area contributed by atoms with Gasteiger partial charge in [-0.2, -0.15) is 0 Å². The van der Waals surface area contributed by atoms with Crippen molar-refractivity contribution in [2.75, 3.05) is 0 Å². The maximum absolute atomic E-state index is 12.6. The summed E-state index contributed by atoms with van der Waals surface area (Å²) >= 11 is 0. The highest BCUT2D eigenvalue weighted by atomic mass is 19.1. The fraction of sp³-hybridized carbons (Fsp3) is 0.143. The molecule has 0 atom stereocenters. The van der Waals surface area contributed by atoms with Crippen LogP contribution in [0.1, 0.15) is 13.8 Å². The Morgan fingerprint density at radius 3 is 2.44 bits per heavy atom. The highest BCUT2D eigenvalue weighted by Crippen LogP contribution is 2.14. The number of benzene rings is 1. The van der Waals surface area contributed by atoms with Crippen molar-refractivity contribution < 1.29 is 9.13 Å². The van der Waals surface area contributed by atoms with Crippen LogP contribution in [-0.4, -0.2) is 0 Å². The summed E-state index contributed by atoms with van der Waals surface area (Å²) in [6.45, 7) is 7.70. The summed E-state index contributed by atoms with van der Waals surface area (Å²) in [4.78, 5) is 0. The molecule has 84 valence electrons. The molecule has 0 aromatic heterocycles. The summed E-state index contributed by atoms with van der Waals surface area (Å²) in [5, 5.41) is 0. The lowest BCUT2D eigenvalue weighted by molar-refractivity contribution is 0.445.